The number of nitrogens with one attached hydrogen (secondary N) is 2. The van der Waals surface area contributed by atoms with Gasteiger partial charge < -0.3 is 10.2 Å². The van der Waals surface area contributed by atoms with Crippen LogP contribution < -0.4 is 15.5 Å². The van der Waals surface area contributed by atoms with Gasteiger partial charge in [-0.05, 0) is 45.1 Å². The van der Waals surface area contributed by atoms with Crippen LogP contribution in [0.2, 0.25) is 0 Å². The molecule has 7 heteroatoms. The van der Waals surface area contributed by atoms with Crippen LogP contribution in [-0.2, 0) is 4.79 Å². The highest BCUT2D eigenvalue weighted by molar-refractivity contribution is 6.06. The second-order valence-corrected chi connectivity index (χ2v) is 6.31. The van der Waals surface area contributed by atoms with Gasteiger partial charge in [0.25, 0.3) is 5.91 Å². The topological polar surface area (TPSA) is 87.2 Å². The zero-order chi connectivity index (χ0) is 15.9. The van der Waals surface area contributed by atoms with Crippen molar-refractivity contribution in [2.24, 2.45) is 5.92 Å². The summed E-state index contributed by atoms with van der Waals surface area (Å²) in [6.45, 7) is 7.35. The van der Waals surface area contributed by atoms with Gasteiger partial charge in [0.15, 0.2) is 0 Å². The number of carbonyl (C=O) groups is 2. The minimum Gasteiger partial charge on any atom is -0.341 e. The molecule has 0 saturated carbocycles. The number of urea groups is 1. The Morgan fingerprint density at radius 1 is 1.27 bits per heavy atom. The molecule has 1 aromatic heterocycles. The summed E-state index contributed by atoms with van der Waals surface area (Å²) in [7, 11) is 0. The Bertz CT molecular complexity index is 624. The minimum absolute atomic E-state index is 0.127. The van der Waals surface area contributed by atoms with Crippen LogP contribution in [0.4, 0.5) is 10.7 Å². The number of hydrogen-bond donors (Lipinski definition) is 2. The first-order valence-corrected chi connectivity index (χ1v) is 7.59. The minimum atomic E-state index is -0.798. The highest BCUT2D eigenvalue weighted by Crippen LogP contribution is 2.31. The molecule has 3 rings (SSSR count). The molecule has 118 valence electrons. The van der Waals surface area contributed by atoms with Gasteiger partial charge in [-0.2, -0.15) is 0 Å². The number of imide groups is 1. The van der Waals surface area contributed by atoms with Crippen molar-refractivity contribution >= 4 is 17.9 Å². The van der Waals surface area contributed by atoms with E-state index >= 15 is 0 Å². The van der Waals surface area contributed by atoms with Crippen molar-refractivity contribution in [1.82, 2.24) is 20.6 Å². The number of nitrogens with zero attached hydrogens (tertiary/aromatic N) is 3. The summed E-state index contributed by atoms with van der Waals surface area (Å²) in [6, 6.07) is -0.396. The Morgan fingerprint density at radius 3 is 2.50 bits per heavy atom. The van der Waals surface area contributed by atoms with E-state index in [1.165, 1.54) is 0 Å². The molecule has 3 heterocycles. The Balaban J connectivity index is 1.69. The van der Waals surface area contributed by atoms with Crippen molar-refractivity contribution in [2.75, 3.05) is 18.0 Å². The first-order valence-electron chi connectivity index (χ1n) is 7.59. The normalized spacial score (nSPS) is 26.0. The van der Waals surface area contributed by atoms with E-state index in [2.05, 4.69) is 25.5 Å². The first-order chi connectivity index (χ1) is 10.4. The molecular weight excluding hydrogens is 282 g/mol. The van der Waals surface area contributed by atoms with Crippen molar-refractivity contribution in [2.45, 2.75) is 39.2 Å². The summed E-state index contributed by atoms with van der Waals surface area (Å²) in [5.74, 6) is 0.645. The van der Waals surface area contributed by atoms with E-state index in [4.69, 9.17) is 0 Å². The van der Waals surface area contributed by atoms with Crippen LogP contribution >= 0.6 is 0 Å². The molecule has 2 aliphatic rings. The van der Waals surface area contributed by atoms with Crippen LogP contribution in [0.25, 0.3) is 0 Å². The molecule has 1 aromatic rings. The maximum Gasteiger partial charge on any atom is 0.322 e. The zero-order valence-corrected chi connectivity index (χ0v) is 13.1. The van der Waals surface area contributed by atoms with Gasteiger partial charge in [-0.25, -0.2) is 14.8 Å². The predicted octanol–water partition coefficient (Wildman–Crippen LogP) is 0.908. The number of aromatic nitrogens is 2. The molecule has 0 radical (unpaired) electrons. The van der Waals surface area contributed by atoms with Crippen LogP contribution in [0.1, 0.15) is 31.0 Å². The zero-order valence-electron chi connectivity index (χ0n) is 13.1. The average molecular weight is 303 g/mol. The smallest absolute Gasteiger partial charge is 0.322 e. The predicted molar refractivity (Wildman–Crippen MR) is 81.5 cm³/mol. The molecule has 3 amide bonds. The summed E-state index contributed by atoms with van der Waals surface area (Å²) in [4.78, 5) is 34.5. The highest BCUT2D eigenvalue weighted by Gasteiger charge is 2.48. The average Bonchev–Trinajstić information content (AvgIpc) is 2.76. The number of piperidine rings is 1. The molecule has 22 heavy (non-hydrogen) atoms. The summed E-state index contributed by atoms with van der Waals surface area (Å²) in [5.41, 5.74) is 1.27. The van der Waals surface area contributed by atoms with Crippen molar-refractivity contribution in [1.29, 1.82) is 0 Å². The Morgan fingerprint density at radius 2 is 1.95 bits per heavy atom. The lowest BCUT2D eigenvalue weighted by Crippen LogP contribution is -2.54. The fraction of sp³-hybridized carbons (Fsp3) is 0.600. The number of anilines is 1. The number of aryl methyl sites for hydroxylation is 2. The molecule has 2 N–H and O–H groups in total. The lowest BCUT2D eigenvalue weighted by Gasteiger charge is -2.38. The summed E-state index contributed by atoms with van der Waals surface area (Å²) < 4.78 is 0. The second kappa shape index (κ2) is 5.23. The third kappa shape index (κ3) is 2.40. The number of amides is 3. The van der Waals surface area contributed by atoms with Crippen molar-refractivity contribution in [3.8, 4) is 0 Å². The lowest BCUT2D eigenvalue weighted by atomic mass is 9.79. The van der Waals surface area contributed by atoms with Gasteiger partial charge in [-0.1, -0.05) is 0 Å². The van der Waals surface area contributed by atoms with Crippen molar-refractivity contribution < 1.29 is 9.59 Å². The van der Waals surface area contributed by atoms with Gasteiger partial charge in [-0.3, -0.25) is 10.1 Å². The SMILES string of the molecule is Cc1cnc(N2CCC(C3(C)NC(=O)NC3=O)CC2)nc1C. The number of carbonyl (C=O) groups excluding carboxylic acids is 2. The van der Waals surface area contributed by atoms with E-state index in [9.17, 15) is 9.59 Å². The van der Waals surface area contributed by atoms with Crippen LogP contribution in [0.15, 0.2) is 6.20 Å². The molecule has 0 aliphatic carbocycles. The molecule has 1 atom stereocenters. The quantitative estimate of drug-likeness (QED) is 0.793. The van der Waals surface area contributed by atoms with Gasteiger partial charge in [0.05, 0.1) is 0 Å². The molecule has 7 nitrogen and oxygen atoms in total. The fourth-order valence-electron chi connectivity index (χ4n) is 3.17. The van der Waals surface area contributed by atoms with E-state index in [1.807, 2.05) is 20.0 Å². The maximum atomic E-state index is 12.0. The molecule has 1 unspecified atom stereocenters. The van der Waals surface area contributed by atoms with E-state index in [-0.39, 0.29) is 11.8 Å². The van der Waals surface area contributed by atoms with Crippen molar-refractivity contribution in [3.63, 3.8) is 0 Å². The number of rotatable bonds is 2. The van der Waals surface area contributed by atoms with Gasteiger partial charge in [0, 0.05) is 25.0 Å². The Kier molecular flexibility index (Phi) is 3.50. The fourth-order valence-corrected chi connectivity index (χ4v) is 3.17. The first kappa shape index (κ1) is 14.7. The molecule has 2 saturated heterocycles. The largest absolute Gasteiger partial charge is 0.341 e. The monoisotopic (exact) mass is 303 g/mol. The van der Waals surface area contributed by atoms with Crippen LogP contribution in [0.3, 0.4) is 0 Å². The van der Waals surface area contributed by atoms with Gasteiger partial charge in [0.2, 0.25) is 5.95 Å². The van der Waals surface area contributed by atoms with E-state index < -0.39 is 11.6 Å². The Hall–Kier alpha value is -2.18. The standard InChI is InChI=1S/C15H21N5O2/c1-9-8-16-13(17-10(9)2)20-6-4-11(5-7-20)15(3)12(21)18-14(22)19-15/h8,11H,4-7H2,1-3H3,(H2,18,19,21,22). The molecule has 0 aromatic carbocycles. The highest BCUT2D eigenvalue weighted by atomic mass is 16.2. The van der Waals surface area contributed by atoms with Crippen LogP contribution in [0.5, 0.6) is 0 Å². The third-order valence-electron chi connectivity index (χ3n) is 4.88. The summed E-state index contributed by atoms with van der Waals surface area (Å²) in [6.07, 6.45) is 3.48. The molecule has 0 spiro atoms. The van der Waals surface area contributed by atoms with Crippen LogP contribution in [-0.4, -0.2) is 40.5 Å². The summed E-state index contributed by atoms with van der Waals surface area (Å²) >= 11 is 0. The second-order valence-electron chi connectivity index (χ2n) is 6.31. The van der Waals surface area contributed by atoms with Gasteiger partial charge in [-0.15, -0.1) is 0 Å². The summed E-state index contributed by atoms with van der Waals surface area (Å²) in [5, 5.41) is 5.11. The van der Waals surface area contributed by atoms with Crippen LogP contribution in [0, 0.1) is 19.8 Å². The third-order valence-corrected chi connectivity index (χ3v) is 4.88. The van der Waals surface area contributed by atoms with E-state index in [0.29, 0.717) is 0 Å². The Labute approximate surface area is 129 Å². The number of hydrogen-bond acceptors (Lipinski definition) is 5. The molecule has 2 fully saturated rings. The van der Waals surface area contributed by atoms with Gasteiger partial charge >= 0.3 is 6.03 Å². The maximum absolute atomic E-state index is 12.0. The molecule has 2 aliphatic heterocycles. The van der Waals surface area contributed by atoms with Crippen molar-refractivity contribution in [3.05, 3.63) is 17.5 Å². The molecular formula is C15H21N5O2. The lowest BCUT2D eigenvalue weighted by molar-refractivity contribution is -0.125. The molecule has 0 bridgehead atoms. The van der Waals surface area contributed by atoms with Gasteiger partial charge in [0.1, 0.15) is 5.54 Å². The van der Waals surface area contributed by atoms with E-state index in [0.717, 1.165) is 43.1 Å². The van der Waals surface area contributed by atoms with E-state index in [1.54, 1.807) is 6.92 Å².